The molecule has 0 aliphatic rings. The minimum Gasteiger partial charge on any atom is -0.208 e. The lowest BCUT2D eigenvalue weighted by atomic mass is 9.91. The van der Waals surface area contributed by atoms with Crippen LogP contribution < -0.4 is 0 Å². The van der Waals surface area contributed by atoms with Gasteiger partial charge in [-0.2, -0.15) is 0 Å². The standard InChI is InChI=1S/C58H38N6/c1-5-15-39(16-6-1)40-27-33-47(34-28-40)56-62-55(46-21-11-4-12-22-46)63-58(64-56)49-37-31-42(32-38-49)51-26-14-24-43-23-13-25-50(52(43)51)41-29-35-48(36-30-41)57-60-53(44-17-7-2-8-18-44)59-54(61-57)45-19-9-3-10-20-45/h1-38H. The highest BCUT2D eigenvalue weighted by atomic mass is 15.0. The van der Waals surface area contributed by atoms with Crippen molar-refractivity contribution < 1.29 is 0 Å². The van der Waals surface area contributed by atoms with Gasteiger partial charge in [0, 0.05) is 33.4 Å². The van der Waals surface area contributed by atoms with Crippen LogP contribution in [0.25, 0.3) is 112 Å². The van der Waals surface area contributed by atoms with Crippen molar-refractivity contribution in [3.05, 3.63) is 231 Å². The topological polar surface area (TPSA) is 77.3 Å². The summed E-state index contributed by atoms with van der Waals surface area (Å²) < 4.78 is 0. The second-order valence-corrected chi connectivity index (χ2v) is 15.5. The summed E-state index contributed by atoms with van der Waals surface area (Å²) >= 11 is 0. The molecule has 0 spiro atoms. The zero-order valence-corrected chi connectivity index (χ0v) is 34.6. The van der Waals surface area contributed by atoms with Crippen LogP contribution >= 0.6 is 0 Å². The highest BCUT2D eigenvalue weighted by Crippen LogP contribution is 2.38. The van der Waals surface area contributed by atoms with E-state index < -0.39 is 0 Å². The van der Waals surface area contributed by atoms with Crippen LogP contribution in [0.5, 0.6) is 0 Å². The minimum atomic E-state index is 0.617. The summed E-state index contributed by atoms with van der Waals surface area (Å²) in [6.45, 7) is 0. The van der Waals surface area contributed by atoms with Crippen molar-refractivity contribution in [3.8, 4) is 102 Å². The van der Waals surface area contributed by atoms with Gasteiger partial charge in [0.25, 0.3) is 0 Å². The fourth-order valence-corrected chi connectivity index (χ4v) is 8.15. The van der Waals surface area contributed by atoms with E-state index in [1.807, 2.05) is 97.1 Å². The molecule has 0 radical (unpaired) electrons. The van der Waals surface area contributed by atoms with Crippen LogP contribution in [0.3, 0.4) is 0 Å². The molecule has 0 unspecified atom stereocenters. The van der Waals surface area contributed by atoms with Crippen molar-refractivity contribution in [2.75, 3.05) is 0 Å². The molecule has 11 aromatic rings. The predicted molar refractivity (Wildman–Crippen MR) is 260 cm³/mol. The van der Waals surface area contributed by atoms with Gasteiger partial charge >= 0.3 is 0 Å². The Hall–Kier alpha value is -8.74. The van der Waals surface area contributed by atoms with E-state index in [4.69, 9.17) is 29.9 Å². The third-order valence-corrected chi connectivity index (χ3v) is 11.4. The summed E-state index contributed by atoms with van der Waals surface area (Å²) in [5, 5.41) is 2.34. The molecule has 0 N–H and O–H groups in total. The first kappa shape index (κ1) is 38.2. The van der Waals surface area contributed by atoms with E-state index in [0.717, 1.165) is 66.6 Å². The molecule has 0 saturated heterocycles. The van der Waals surface area contributed by atoms with Crippen LogP contribution in [0.15, 0.2) is 231 Å². The summed E-state index contributed by atoms with van der Waals surface area (Å²) in [6, 6.07) is 79.1. The summed E-state index contributed by atoms with van der Waals surface area (Å²) in [5.74, 6) is 3.77. The lowest BCUT2D eigenvalue weighted by molar-refractivity contribution is 1.07. The first-order valence-electron chi connectivity index (χ1n) is 21.3. The van der Waals surface area contributed by atoms with Crippen molar-refractivity contribution in [1.29, 1.82) is 0 Å². The number of aromatic nitrogens is 6. The molecular weight excluding hydrogens is 781 g/mol. The van der Waals surface area contributed by atoms with E-state index in [2.05, 4.69) is 133 Å². The first-order valence-corrected chi connectivity index (χ1v) is 21.3. The van der Waals surface area contributed by atoms with Gasteiger partial charge in [-0.05, 0) is 44.2 Å². The van der Waals surface area contributed by atoms with Gasteiger partial charge in [-0.25, -0.2) is 29.9 Å². The zero-order chi connectivity index (χ0) is 42.7. The van der Waals surface area contributed by atoms with Crippen molar-refractivity contribution >= 4 is 10.8 Å². The van der Waals surface area contributed by atoms with E-state index in [1.54, 1.807) is 0 Å². The average molecular weight is 819 g/mol. The Kier molecular flexibility index (Phi) is 10.1. The maximum Gasteiger partial charge on any atom is 0.164 e. The third-order valence-electron chi connectivity index (χ3n) is 11.4. The van der Waals surface area contributed by atoms with Crippen molar-refractivity contribution in [1.82, 2.24) is 29.9 Å². The van der Waals surface area contributed by atoms with E-state index in [9.17, 15) is 0 Å². The Balaban J connectivity index is 0.939. The SMILES string of the molecule is c1ccc(-c2ccc(-c3nc(-c4ccccc4)nc(-c4ccc(-c5cccc6cccc(-c7ccc(-c8nc(-c9ccccc9)nc(-c9ccccc9)n8)cc7)c56)cc4)n3)cc2)cc1. The highest BCUT2D eigenvalue weighted by Gasteiger charge is 2.16. The summed E-state index contributed by atoms with van der Waals surface area (Å²) in [7, 11) is 0. The Morgan fingerprint density at radius 3 is 0.719 bits per heavy atom. The zero-order valence-electron chi connectivity index (χ0n) is 34.6. The molecule has 0 bridgehead atoms. The molecule has 0 amide bonds. The van der Waals surface area contributed by atoms with Gasteiger partial charge < -0.3 is 0 Å². The Morgan fingerprint density at radius 1 is 0.172 bits per heavy atom. The first-order chi connectivity index (χ1) is 31.7. The van der Waals surface area contributed by atoms with E-state index in [0.29, 0.717) is 34.9 Å². The van der Waals surface area contributed by atoms with Crippen LogP contribution in [0.1, 0.15) is 0 Å². The fraction of sp³-hybridized carbons (Fsp3) is 0. The highest BCUT2D eigenvalue weighted by molar-refractivity contribution is 6.06. The van der Waals surface area contributed by atoms with Crippen LogP contribution in [0.2, 0.25) is 0 Å². The molecule has 11 rings (SSSR count). The Bertz CT molecular complexity index is 3320. The van der Waals surface area contributed by atoms with Gasteiger partial charge in [-0.15, -0.1) is 0 Å². The quantitative estimate of drug-likeness (QED) is 0.144. The maximum absolute atomic E-state index is 5.04. The molecule has 0 aliphatic heterocycles. The molecule has 2 heterocycles. The second kappa shape index (κ2) is 17.0. The van der Waals surface area contributed by atoms with Gasteiger partial charge in [0.15, 0.2) is 34.9 Å². The van der Waals surface area contributed by atoms with Crippen LogP contribution in [0, 0.1) is 0 Å². The minimum absolute atomic E-state index is 0.617. The average Bonchev–Trinajstić information content (AvgIpc) is 3.39. The lowest BCUT2D eigenvalue weighted by Crippen LogP contribution is -2.00. The number of rotatable bonds is 9. The maximum atomic E-state index is 5.04. The van der Waals surface area contributed by atoms with Gasteiger partial charge in [0.05, 0.1) is 0 Å². The molecular formula is C58H38N6. The number of hydrogen-bond donors (Lipinski definition) is 0. The second-order valence-electron chi connectivity index (χ2n) is 15.5. The van der Waals surface area contributed by atoms with Gasteiger partial charge in [-0.3, -0.25) is 0 Å². The largest absolute Gasteiger partial charge is 0.208 e. The molecule has 0 fully saturated rings. The number of nitrogens with zero attached hydrogens (tertiary/aromatic N) is 6. The molecule has 0 aliphatic carbocycles. The number of hydrogen-bond acceptors (Lipinski definition) is 6. The van der Waals surface area contributed by atoms with Gasteiger partial charge in [-0.1, -0.05) is 231 Å². The summed E-state index contributed by atoms with van der Waals surface area (Å²) in [5.41, 5.74) is 12.3. The predicted octanol–water partition coefficient (Wildman–Crippen LogP) is 14.2. The summed E-state index contributed by atoms with van der Waals surface area (Å²) in [4.78, 5) is 29.8. The molecule has 6 nitrogen and oxygen atoms in total. The molecule has 6 heteroatoms. The Morgan fingerprint density at radius 2 is 0.406 bits per heavy atom. The van der Waals surface area contributed by atoms with Crippen molar-refractivity contribution in [3.63, 3.8) is 0 Å². The lowest BCUT2D eigenvalue weighted by Gasteiger charge is -2.14. The molecule has 0 atom stereocenters. The summed E-state index contributed by atoms with van der Waals surface area (Å²) in [6.07, 6.45) is 0. The molecule has 0 saturated carbocycles. The van der Waals surface area contributed by atoms with Crippen LogP contribution in [-0.4, -0.2) is 29.9 Å². The molecule has 300 valence electrons. The van der Waals surface area contributed by atoms with E-state index >= 15 is 0 Å². The third kappa shape index (κ3) is 7.72. The molecule has 2 aromatic heterocycles. The monoisotopic (exact) mass is 818 g/mol. The molecule has 64 heavy (non-hydrogen) atoms. The van der Waals surface area contributed by atoms with Crippen LogP contribution in [0.4, 0.5) is 0 Å². The molecule has 9 aromatic carbocycles. The smallest absolute Gasteiger partial charge is 0.164 e. The Labute approximate surface area is 371 Å². The number of fused-ring (bicyclic) bond motifs is 1. The van der Waals surface area contributed by atoms with E-state index in [-0.39, 0.29) is 0 Å². The van der Waals surface area contributed by atoms with Crippen molar-refractivity contribution in [2.45, 2.75) is 0 Å². The van der Waals surface area contributed by atoms with Gasteiger partial charge in [0.1, 0.15) is 0 Å². The normalized spacial score (nSPS) is 11.1. The fourth-order valence-electron chi connectivity index (χ4n) is 8.15. The van der Waals surface area contributed by atoms with Gasteiger partial charge in [0.2, 0.25) is 0 Å². The van der Waals surface area contributed by atoms with Crippen molar-refractivity contribution in [2.24, 2.45) is 0 Å². The van der Waals surface area contributed by atoms with Crippen LogP contribution in [-0.2, 0) is 0 Å². The van der Waals surface area contributed by atoms with E-state index in [1.165, 1.54) is 10.9 Å². The number of benzene rings is 9.